The maximum absolute atomic E-state index is 12.2. The number of hydrogen-bond acceptors (Lipinski definition) is 4. The lowest BCUT2D eigenvalue weighted by molar-refractivity contribution is 0.0950. The fraction of sp³-hybridized carbons (Fsp3) is 0.412. The molecule has 1 heterocycles. The Labute approximate surface area is 135 Å². The Balaban J connectivity index is 1.95. The summed E-state index contributed by atoms with van der Waals surface area (Å²) >= 11 is 1.62. The number of nitrogens with zero attached hydrogens (tertiary/aromatic N) is 1. The van der Waals surface area contributed by atoms with Gasteiger partial charge in [0.15, 0.2) is 0 Å². The number of rotatable bonds is 6. The summed E-state index contributed by atoms with van der Waals surface area (Å²) in [5.74, 6) is 1.07. The molecule has 2 rings (SSSR count). The SMILES string of the molecule is Cc1nc(CNC(=O)c2cccc(OCC(C)C)c2)sc1C. The number of carbonyl (C=O) groups excluding carboxylic acids is 1. The molecule has 0 fully saturated rings. The van der Waals surface area contributed by atoms with Gasteiger partial charge in [-0.2, -0.15) is 0 Å². The van der Waals surface area contributed by atoms with Gasteiger partial charge in [0, 0.05) is 10.4 Å². The maximum Gasteiger partial charge on any atom is 0.251 e. The molecule has 0 saturated carbocycles. The molecule has 118 valence electrons. The molecule has 1 aromatic carbocycles. The van der Waals surface area contributed by atoms with E-state index in [9.17, 15) is 4.79 Å². The molecule has 1 N–H and O–H groups in total. The predicted molar refractivity (Wildman–Crippen MR) is 89.5 cm³/mol. The highest BCUT2D eigenvalue weighted by atomic mass is 32.1. The van der Waals surface area contributed by atoms with Crippen molar-refractivity contribution in [1.29, 1.82) is 0 Å². The standard InChI is InChI=1S/C17H22N2O2S/c1-11(2)10-21-15-7-5-6-14(8-15)17(20)18-9-16-19-12(3)13(4)22-16/h5-8,11H,9-10H2,1-4H3,(H,18,20). The van der Waals surface area contributed by atoms with E-state index in [1.54, 1.807) is 23.5 Å². The van der Waals surface area contributed by atoms with Gasteiger partial charge in [-0.3, -0.25) is 4.79 Å². The summed E-state index contributed by atoms with van der Waals surface area (Å²) in [7, 11) is 0. The summed E-state index contributed by atoms with van der Waals surface area (Å²) in [6, 6.07) is 7.26. The largest absolute Gasteiger partial charge is 0.493 e. The average molecular weight is 318 g/mol. The van der Waals surface area contributed by atoms with Crippen LogP contribution in [0.3, 0.4) is 0 Å². The number of thiazole rings is 1. The number of hydrogen-bond donors (Lipinski definition) is 1. The first-order valence-corrected chi connectivity index (χ1v) is 8.21. The molecule has 22 heavy (non-hydrogen) atoms. The van der Waals surface area contributed by atoms with E-state index >= 15 is 0 Å². The Hall–Kier alpha value is -1.88. The topological polar surface area (TPSA) is 51.2 Å². The van der Waals surface area contributed by atoms with Crippen LogP contribution in [0.4, 0.5) is 0 Å². The fourth-order valence-electron chi connectivity index (χ4n) is 1.86. The molecule has 2 aromatic rings. The van der Waals surface area contributed by atoms with E-state index in [-0.39, 0.29) is 5.91 Å². The van der Waals surface area contributed by atoms with Crippen LogP contribution in [0.1, 0.15) is 39.8 Å². The van der Waals surface area contributed by atoms with Crippen LogP contribution < -0.4 is 10.1 Å². The van der Waals surface area contributed by atoms with Gasteiger partial charge in [-0.1, -0.05) is 19.9 Å². The van der Waals surface area contributed by atoms with Crippen LogP contribution >= 0.6 is 11.3 Å². The van der Waals surface area contributed by atoms with E-state index in [1.165, 1.54) is 4.88 Å². The quantitative estimate of drug-likeness (QED) is 0.883. The van der Waals surface area contributed by atoms with Crippen LogP contribution in [0, 0.1) is 19.8 Å². The number of amides is 1. The zero-order chi connectivity index (χ0) is 16.1. The molecule has 1 amide bonds. The first-order chi connectivity index (χ1) is 10.5. The summed E-state index contributed by atoms with van der Waals surface area (Å²) in [6.45, 7) is 9.29. The van der Waals surface area contributed by atoms with E-state index < -0.39 is 0 Å². The third-order valence-corrected chi connectivity index (χ3v) is 4.23. The van der Waals surface area contributed by atoms with Crippen molar-refractivity contribution in [2.45, 2.75) is 34.2 Å². The van der Waals surface area contributed by atoms with Gasteiger partial charge in [0.05, 0.1) is 18.8 Å². The summed E-state index contributed by atoms with van der Waals surface area (Å²) in [6.07, 6.45) is 0. The van der Waals surface area contributed by atoms with E-state index in [0.717, 1.165) is 16.5 Å². The van der Waals surface area contributed by atoms with E-state index in [4.69, 9.17) is 4.74 Å². The molecule has 5 heteroatoms. The molecule has 4 nitrogen and oxygen atoms in total. The molecular weight excluding hydrogens is 296 g/mol. The van der Waals surface area contributed by atoms with Crippen LogP contribution in [-0.2, 0) is 6.54 Å². The fourth-order valence-corrected chi connectivity index (χ4v) is 2.74. The summed E-state index contributed by atoms with van der Waals surface area (Å²) in [5, 5.41) is 3.83. The van der Waals surface area contributed by atoms with Crippen molar-refractivity contribution in [3.8, 4) is 5.75 Å². The van der Waals surface area contributed by atoms with Gasteiger partial charge in [-0.25, -0.2) is 4.98 Å². The minimum Gasteiger partial charge on any atom is -0.493 e. The molecule has 0 unspecified atom stereocenters. The highest BCUT2D eigenvalue weighted by molar-refractivity contribution is 7.11. The van der Waals surface area contributed by atoms with Gasteiger partial charge in [0.25, 0.3) is 5.91 Å². The number of aromatic nitrogens is 1. The Morgan fingerprint density at radius 1 is 1.36 bits per heavy atom. The van der Waals surface area contributed by atoms with Crippen LogP contribution in [0.25, 0.3) is 0 Å². The minimum absolute atomic E-state index is 0.111. The summed E-state index contributed by atoms with van der Waals surface area (Å²) in [5.41, 5.74) is 1.63. The molecule has 0 saturated heterocycles. The summed E-state index contributed by atoms with van der Waals surface area (Å²) in [4.78, 5) is 17.8. The second kappa shape index (κ2) is 7.40. The molecule has 0 aliphatic heterocycles. The van der Waals surface area contributed by atoms with E-state index in [0.29, 0.717) is 24.6 Å². The van der Waals surface area contributed by atoms with E-state index in [2.05, 4.69) is 24.1 Å². The third kappa shape index (κ3) is 4.56. The summed E-state index contributed by atoms with van der Waals surface area (Å²) < 4.78 is 5.65. The number of aryl methyl sites for hydroxylation is 2. The van der Waals surface area contributed by atoms with Gasteiger partial charge in [-0.05, 0) is 38.0 Å². The van der Waals surface area contributed by atoms with Crippen molar-refractivity contribution in [3.05, 3.63) is 45.4 Å². The molecule has 0 aliphatic carbocycles. The molecule has 0 bridgehead atoms. The van der Waals surface area contributed by atoms with Gasteiger partial charge in [-0.15, -0.1) is 11.3 Å². The molecule has 0 radical (unpaired) electrons. The van der Waals surface area contributed by atoms with Gasteiger partial charge < -0.3 is 10.1 Å². The van der Waals surface area contributed by atoms with Crippen molar-refractivity contribution < 1.29 is 9.53 Å². The normalized spacial score (nSPS) is 10.8. The Kier molecular flexibility index (Phi) is 5.55. The van der Waals surface area contributed by atoms with Crippen LogP contribution in [0.2, 0.25) is 0 Å². The predicted octanol–water partition coefficient (Wildman–Crippen LogP) is 3.72. The van der Waals surface area contributed by atoms with Crippen LogP contribution in [-0.4, -0.2) is 17.5 Å². The number of nitrogens with one attached hydrogen (secondary N) is 1. The maximum atomic E-state index is 12.2. The Morgan fingerprint density at radius 2 is 2.14 bits per heavy atom. The van der Waals surface area contributed by atoms with E-state index in [1.807, 2.05) is 26.0 Å². The first-order valence-electron chi connectivity index (χ1n) is 7.39. The third-order valence-electron chi connectivity index (χ3n) is 3.15. The smallest absolute Gasteiger partial charge is 0.251 e. The van der Waals surface area contributed by atoms with Crippen molar-refractivity contribution in [1.82, 2.24) is 10.3 Å². The average Bonchev–Trinajstić information content (AvgIpc) is 2.81. The Bertz CT molecular complexity index is 630. The van der Waals surface area contributed by atoms with Crippen molar-refractivity contribution >= 4 is 17.2 Å². The molecule has 0 aliphatic rings. The zero-order valence-electron chi connectivity index (χ0n) is 13.5. The minimum atomic E-state index is -0.111. The van der Waals surface area contributed by atoms with Gasteiger partial charge >= 0.3 is 0 Å². The zero-order valence-corrected chi connectivity index (χ0v) is 14.3. The first kappa shape index (κ1) is 16.5. The molecule has 1 aromatic heterocycles. The van der Waals surface area contributed by atoms with Crippen LogP contribution in [0.5, 0.6) is 5.75 Å². The Morgan fingerprint density at radius 3 is 2.77 bits per heavy atom. The second-order valence-electron chi connectivity index (χ2n) is 5.66. The van der Waals surface area contributed by atoms with Gasteiger partial charge in [0.2, 0.25) is 0 Å². The number of benzene rings is 1. The molecule has 0 atom stereocenters. The highest BCUT2D eigenvalue weighted by Gasteiger charge is 2.09. The van der Waals surface area contributed by atoms with Gasteiger partial charge in [0.1, 0.15) is 10.8 Å². The lowest BCUT2D eigenvalue weighted by Crippen LogP contribution is -2.22. The monoisotopic (exact) mass is 318 g/mol. The van der Waals surface area contributed by atoms with Crippen LogP contribution in [0.15, 0.2) is 24.3 Å². The van der Waals surface area contributed by atoms with Crippen molar-refractivity contribution in [2.75, 3.05) is 6.61 Å². The molecule has 0 spiro atoms. The second-order valence-corrected chi connectivity index (χ2v) is 6.95. The lowest BCUT2D eigenvalue weighted by atomic mass is 10.2. The molecular formula is C17H22N2O2S. The highest BCUT2D eigenvalue weighted by Crippen LogP contribution is 2.17. The number of ether oxygens (including phenoxy) is 1. The van der Waals surface area contributed by atoms with Crippen molar-refractivity contribution in [3.63, 3.8) is 0 Å². The lowest BCUT2D eigenvalue weighted by Gasteiger charge is -2.10. The van der Waals surface area contributed by atoms with Crippen molar-refractivity contribution in [2.24, 2.45) is 5.92 Å². The number of carbonyl (C=O) groups is 1.